The molecule has 1 aliphatic heterocycles. The summed E-state index contributed by atoms with van der Waals surface area (Å²) in [5.41, 5.74) is 7.96. The molecule has 7 nitrogen and oxygen atoms in total. The molecule has 0 amide bonds. The third kappa shape index (κ3) is 4.04. The highest BCUT2D eigenvalue weighted by Gasteiger charge is 2.28. The normalized spacial score (nSPS) is 14.6. The first kappa shape index (κ1) is 19.1. The molecule has 0 aromatic heterocycles. The van der Waals surface area contributed by atoms with E-state index in [0.29, 0.717) is 35.8 Å². The van der Waals surface area contributed by atoms with Crippen LogP contribution in [-0.2, 0) is 6.42 Å². The van der Waals surface area contributed by atoms with Gasteiger partial charge in [-0.3, -0.25) is 0 Å². The van der Waals surface area contributed by atoms with Crippen LogP contribution in [-0.4, -0.2) is 39.3 Å². The van der Waals surface area contributed by atoms with E-state index in [0.717, 1.165) is 16.9 Å². The molecule has 0 spiro atoms. The maximum Gasteiger partial charge on any atom is 0.231 e. The number of hydrogen-bond donors (Lipinski definition) is 2. The zero-order valence-corrected chi connectivity index (χ0v) is 15.7. The second-order valence-corrected chi connectivity index (χ2v) is 6.31. The van der Waals surface area contributed by atoms with Gasteiger partial charge in [0.15, 0.2) is 11.5 Å². The van der Waals surface area contributed by atoms with E-state index in [1.54, 1.807) is 27.4 Å². The van der Waals surface area contributed by atoms with Crippen molar-refractivity contribution < 1.29 is 28.8 Å². The van der Waals surface area contributed by atoms with Crippen molar-refractivity contribution >= 4 is 0 Å². The topological polar surface area (TPSA) is 92.4 Å². The van der Waals surface area contributed by atoms with E-state index in [1.165, 1.54) is 0 Å². The number of methoxy groups -OCH3 is 3. The Hall–Kier alpha value is -2.64. The maximum atomic E-state index is 10.6. The molecule has 0 fully saturated rings. The quantitative estimate of drug-likeness (QED) is 0.732. The van der Waals surface area contributed by atoms with Crippen LogP contribution in [0.3, 0.4) is 0 Å². The molecule has 27 heavy (non-hydrogen) atoms. The van der Waals surface area contributed by atoms with Gasteiger partial charge in [-0.15, -0.1) is 0 Å². The predicted molar refractivity (Wildman–Crippen MR) is 99.9 cm³/mol. The van der Waals surface area contributed by atoms with Gasteiger partial charge >= 0.3 is 0 Å². The summed E-state index contributed by atoms with van der Waals surface area (Å²) < 4.78 is 27.0. The molecule has 146 valence electrons. The minimum Gasteiger partial charge on any atom is -0.497 e. The first-order valence-corrected chi connectivity index (χ1v) is 8.68. The molecule has 0 radical (unpaired) electrons. The molecule has 0 aliphatic carbocycles. The molecular weight excluding hydrogens is 350 g/mol. The van der Waals surface area contributed by atoms with E-state index in [1.807, 2.05) is 24.3 Å². The number of aliphatic hydroxyl groups excluding tert-OH is 1. The largest absolute Gasteiger partial charge is 0.497 e. The molecule has 1 aliphatic rings. The number of aliphatic hydroxyl groups is 1. The Bertz CT molecular complexity index is 777. The Morgan fingerprint density at radius 1 is 1.04 bits per heavy atom. The Morgan fingerprint density at radius 3 is 2.37 bits per heavy atom. The number of ether oxygens (including phenoxy) is 5. The van der Waals surface area contributed by atoms with Crippen molar-refractivity contribution in [3.63, 3.8) is 0 Å². The molecule has 1 heterocycles. The lowest BCUT2D eigenvalue weighted by Gasteiger charge is -2.19. The molecule has 0 saturated carbocycles. The van der Waals surface area contributed by atoms with Crippen LogP contribution in [0.1, 0.15) is 23.6 Å². The van der Waals surface area contributed by atoms with Gasteiger partial charge in [-0.05, 0) is 30.2 Å². The number of fused-ring (bicyclic) bond motifs is 1. The van der Waals surface area contributed by atoms with Gasteiger partial charge in [0, 0.05) is 18.0 Å². The van der Waals surface area contributed by atoms with Crippen LogP contribution in [0.25, 0.3) is 0 Å². The Morgan fingerprint density at radius 2 is 1.74 bits per heavy atom. The van der Waals surface area contributed by atoms with Gasteiger partial charge in [-0.2, -0.15) is 0 Å². The van der Waals surface area contributed by atoms with Gasteiger partial charge in [0.05, 0.1) is 27.4 Å². The SMILES string of the molecule is COc1ccc([C@@H](N)C[C@H](O)Cc2cc(OC)c3c(c2OC)OCO3)cc1. The van der Waals surface area contributed by atoms with Crippen molar-refractivity contribution in [2.45, 2.75) is 25.0 Å². The van der Waals surface area contributed by atoms with Crippen molar-refractivity contribution in [1.82, 2.24) is 0 Å². The minimum absolute atomic E-state index is 0.108. The van der Waals surface area contributed by atoms with Gasteiger partial charge in [0.2, 0.25) is 18.3 Å². The summed E-state index contributed by atoms with van der Waals surface area (Å²) in [6.45, 7) is 0.108. The van der Waals surface area contributed by atoms with E-state index in [-0.39, 0.29) is 12.8 Å². The van der Waals surface area contributed by atoms with Crippen LogP contribution >= 0.6 is 0 Å². The van der Waals surface area contributed by atoms with Crippen LogP contribution in [0.5, 0.6) is 28.7 Å². The van der Waals surface area contributed by atoms with Crippen molar-refractivity contribution in [3.8, 4) is 28.7 Å². The number of nitrogens with two attached hydrogens (primary N) is 1. The van der Waals surface area contributed by atoms with Crippen LogP contribution in [0, 0.1) is 0 Å². The van der Waals surface area contributed by atoms with E-state index in [9.17, 15) is 5.11 Å². The second-order valence-electron chi connectivity index (χ2n) is 6.31. The number of benzene rings is 2. The molecule has 0 bridgehead atoms. The number of hydrogen-bond acceptors (Lipinski definition) is 7. The summed E-state index contributed by atoms with van der Waals surface area (Å²) in [6, 6.07) is 9.02. The summed E-state index contributed by atoms with van der Waals surface area (Å²) in [6.07, 6.45) is 0.0767. The Kier molecular flexibility index (Phi) is 5.93. The lowest BCUT2D eigenvalue weighted by molar-refractivity contribution is 0.154. The van der Waals surface area contributed by atoms with E-state index in [4.69, 9.17) is 29.4 Å². The third-order valence-electron chi connectivity index (χ3n) is 4.59. The highest BCUT2D eigenvalue weighted by atomic mass is 16.7. The Balaban J connectivity index is 1.74. The van der Waals surface area contributed by atoms with Crippen molar-refractivity contribution in [3.05, 3.63) is 41.5 Å². The standard InChI is InChI=1S/C20H25NO6/c1-23-15-6-4-12(5-7-15)16(21)10-14(22)8-13-9-17(24-2)19-20(18(13)25-3)27-11-26-19/h4-7,9,14,16,22H,8,10-11,21H2,1-3H3/t14-,16+/m1/s1. The average Bonchev–Trinajstić information content (AvgIpc) is 3.17. The van der Waals surface area contributed by atoms with Crippen molar-refractivity contribution in [2.75, 3.05) is 28.1 Å². The molecule has 2 aromatic carbocycles. The van der Waals surface area contributed by atoms with Crippen molar-refractivity contribution in [1.29, 1.82) is 0 Å². The summed E-state index contributed by atoms with van der Waals surface area (Å²) in [5, 5.41) is 10.6. The lowest BCUT2D eigenvalue weighted by atomic mass is 9.96. The van der Waals surface area contributed by atoms with Gasteiger partial charge in [-0.25, -0.2) is 0 Å². The van der Waals surface area contributed by atoms with E-state index >= 15 is 0 Å². The molecule has 3 N–H and O–H groups in total. The first-order chi connectivity index (χ1) is 13.1. The second kappa shape index (κ2) is 8.37. The minimum atomic E-state index is -0.666. The molecule has 0 unspecified atom stereocenters. The smallest absolute Gasteiger partial charge is 0.231 e. The van der Waals surface area contributed by atoms with Crippen LogP contribution in [0.4, 0.5) is 0 Å². The lowest BCUT2D eigenvalue weighted by Crippen LogP contribution is -2.21. The van der Waals surface area contributed by atoms with Crippen LogP contribution in [0.15, 0.2) is 30.3 Å². The van der Waals surface area contributed by atoms with E-state index in [2.05, 4.69) is 0 Å². The molecule has 0 saturated heterocycles. The third-order valence-corrected chi connectivity index (χ3v) is 4.59. The fourth-order valence-corrected chi connectivity index (χ4v) is 3.21. The fraction of sp³-hybridized carbons (Fsp3) is 0.400. The van der Waals surface area contributed by atoms with Gasteiger partial charge in [0.1, 0.15) is 5.75 Å². The Labute approximate surface area is 158 Å². The maximum absolute atomic E-state index is 10.6. The summed E-state index contributed by atoms with van der Waals surface area (Å²) >= 11 is 0. The van der Waals surface area contributed by atoms with E-state index < -0.39 is 6.10 Å². The van der Waals surface area contributed by atoms with Crippen LogP contribution in [0.2, 0.25) is 0 Å². The molecule has 2 aromatic rings. The van der Waals surface area contributed by atoms with Crippen LogP contribution < -0.4 is 29.4 Å². The van der Waals surface area contributed by atoms with Gasteiger partial charge < -0.3 is 34.5 Å². The van der Waals surface area contributed by atoms with Gasteiger partial charge in [0.25, 0.3) is 0 Å². The summed E-state index contributed by atoms with van der Waals surface area (Å²) in [4.78, 5) is 0. The molecular formula is C20H25NO6. The van der Waals surface area contributed by atoms with Gasteiger partial charge in [-0.1, -0.05) is 12.1 Å². The zero-order chi connectivity index (χ0) is 19.4. The number of rotatable bonds is 8. The molecule has 7 heteroatoms. The summed E-state index contributed by atoms with van der Waals surface area (Å²) in [7, 11) is 4.73. The average molecular weight is 375 g/mol. The monoisotopic (exact) mass is 375 g/mol. The highest BCUT2D eigenvalue weighted by Crippen LogP contribution is 2.49. The predicted octanol–water partition coefficient (Wildman–Crippen LogP) is 2.43. The molecule has 2 atom stereocenters. The molecule has 3 rings (SSSR count). The summed E-state index contributed by atoms with van der Waals surface area (Å²) in [5.74, 6) is 2.87. The highest BCUT2D eigenvalue weighted by molar-refractivity contribution is 5.64. The fourth-order valence-electron chi connectivity index (χ4n) is 3.21. The first-order valence-electron chi connectivity index (χ1n) is 8.68. The van der Waals surface area contributed by atoms with Crippen molar-refractivity contribution in [2.24, 2.45) is 5.73 Å². The zero-order valence-electron chi connectivity index (χ0n) is 15.7.